The maximum atomic E-state index is 12.7. The zero-order chi connectivity index (χ0) is 24.0. The number of para-hydroxylation sites is 1. The Labute approximate surface area is 190 Å². The van der Waals surface area contributed by atoms with Crippen LogP contribution in [0.15, 0.2) is 60.7 Å². The highest BCUT2D eigenvalue weighted by Crippen LogP contribution is 2.33. The van der Waals surface area contributed by atoms with E-state index in [1.54, 1.807) is 20.1 Å². The number of rotatable bonds is 7. The predicted octanol–water partition coefficient (Wildman–Crippen LogP) is 6.91. The number of anilines is 2. The minimum absolute atomic E-state index is 0.285. The SMILES string of the molecule is CCc1c(NC(=O)Nc2ccccc2-c2ccc(COC)cc2)ccc(OC(F)(F)F)c1C. The maximum Gasteiger partial charge on any atom is 0.573 e. The first kappa shape index (κ1) is 24.1. The molecule has 0 aliphatic rings. The van der Waals surface area contributed by atoms with Gasteiger partial charge in [-0.2, -0.15) is 0 Å². The van der Waals surface area contributed by atoms with E-state index in [0.29, 0.717) is 35.5 Å². The van der Waals surface area contributed by atoms with Crippen molar-refractivity contribution in [3.05, 3.63) is 77.4 Å². The van der Waals surface area contributed by atoms with Gasteiger partial charge in [-0.15, -0.1) is 13.2 Å². The Morgan fingerprint density at radius 1 is 0.939 bits per heavy atom. The van der Waals surface area contributed by atoms with E-state index in [-0.39, 0.29) is 5.75 Å². The van der Waals surface area contributed by atoms with Crippen LogP contribution in [0.3, 0.4) is 0 Å². The van der Waals surface area contributed by atoms with Gasteiger partial charge in [-0.05, 0) is 53.8 Å². The Bertz CT molecular complexity index is 1110. The van der Waals surface area contributed by atoms with Crippen molar-refractivity contribution in [2.45, 2.75) is 33.2 Å². The molecule has 2 N–H and O–H groups in total. The molecule has 3 aromatic carbocycles. The van der Waals surface area contributed by atoms with Crippen molar-refractivity contribution in [1.82, 2.24) is 0 Å². The van der Waals surface area contributed by atoms with Crippen molar-refractivity contribution in [3.8, 4) is 16.9 Å². The molecular weight excluding hydrogens is 433 g/mol. The average Bonchev–Trinajstić information content (AvgIpc) is 2.76. The Balaban J connectivity index is 1.80. The molecule has 33 heavy (non-hydrogen) atoms. The van der Waals surface area contributed by atoms with E-state index in [9.17, 15) is 18.0 Å². The van der Waals surface area contributed by atoms with Gasteiger partial charge in [-0.3, -0.25) is 0 Å². The molecule has 2 amide bonds. The van der Waals surface area contributed by atoms with Gasteiger partial charge >= 0.3 is 12.4 Å². The van der Waals surface area contributed by atoms with Gasteiger partial charge < -0.3 is 20.1 Å². The second kappa shape index (κ2) is 10.4. The predicted molar refractivity (Wildman–Crippen MR) is 122 cm³/mol. The van der Waals surface area contributed by atoms with Gasteiger partial charge in [0.1, 0.15) is 5.75 Å². The van der Waals surface area contributed by atoms with Crippen LogP contribution in [-0.2, 0) is 17.8 Å². The molecule has 0 aliphatic heterocycles. The molecule has 0 spiro atoms. The van der Waals surface area contributed by atoms with Crippen LogP contribution in [0.1, 0.15) is 23.6 Å². The van der Waals surface area contributed by atoms with E-state index < -0.39 is 12.4 Å². The molecule has 3 aromatic rings. The van der Waals surface area contributed by atoms with Crippen LogP contribution in [0, 0.1) is 6.92 Å². The number of hydrogen-bond acceptors (Lipinski definition) is 3. The molecule has 0 saturated heterocycles. The number of halogens is 3. The Kier molecular flexibility index (Phi) is 7.60. The second-order valence-corrected chi connectivity index (χ2v) is 7.37. The quantitative estimate of drug-likeness (QED) is 0.404. The molecule has 0 fully saturated rings. The van der Waals surface area contributed by atoms with Crippen LogP contribution in [0.5, 0.6) is 5.75 Å². The molecule has 0 aromatic heterocycles. The summed E-state index contributed by atoms with van der Waals surface area (Å²) >= 11 is 0. The Hall–Kier alpha value is -3.52. The third-order valence-electron chi connectivity index (χ3n) is 5.13. The summed E-state index contributed by atoms with van der Waals surface area (Å²) in [5.74, 6) is -0.285. The minimum atomic E-state index is -4.78. The van der Waals surface area contributed by atoms with Crippen LogP contribution in [0.25, 0.3) is 11.1 Å². The first-order valence-corrected chi connectivity index (χ1v) is 10.3. The van der Waals surface area contributed by atoms with Gasteiger partial charge in [-0.25, -0.2) is 4.79 Å². The zero-order valence-corrected chi connectivity index (χ0v) is 18.5. The van der Waals surface area contributed by atoms with Gasteiger partial charge in [0.25, 0.3) is 0 Å². The summed E-state index contributed by atoms with van der Waals surface area (Å²) in [4.78, 5) is 12.7. The fourth-order valence-electron chi connectivity index (χ4n) is 3.61. The molecule has 8 heteroatoms. The first-order chi connectivity index (χ1) is 15.7. The van der Waals surface area contributed by atoms with Crippen LogP contribution in [0.2, 0.25) is 0 Å². The number of amides is 2. The van der Waals surface area contributed by atoms with Crippen molar-refractivity contribution in [2.75, 3.05) is 17.7 Å². The van der Waals surface area contributed by atoms with Gasteiger partial charge in [0.2, 0.25) is 0 Å². The third-order valence-corrected chi connectivity index (χ3v) is 5.13. The summed E-state index contributed by atoms with van der Waals surface area (Å²) in [5.41, 5.74) is 4.69. The van der Waals surface area contributed by atoms with Gasteiger partial charge in [0, 0.05) is 18.4 Å². The van der Waals surface area contributed by atoms with Crippen molar-refractivity contribution in [2.24, 2.45) is 0 Å². The number of carbonyl (C=O) groups is 1. The highest BCUT2D eigenvalue weighted by atomic mass is 19.4. The number of alkyl halides is 3. The first-order valence-electron chi connectivity index (χ1n) is 10.3. The van der Waals surface area contributed by atoms with Gasteiger partial charge in [0.15, 0.2) is 0 Å². The van der Waals surface area contributed by atoms with Crippen LogP contribution >= 0.6 is 0 Å². The summed E-state index contributed by atoms with van der Waals surface area (Å²) < 4.78 is 47.1. The lowest BCUT2D eigenvalue weighted by Crippen LogP contribution is -2.22. The van der Waals surface area contributed by atoms with Crippen molar-refractivity contribution in [3.63, 3.8) is 0 Å². The Morgan fingerprint density at radius 3 is 2.24 bits per heavy atom. The highest BCUT2D eigenvalue weighted by molar-refractivity contribution is 6.02. The number of hydrogen-bond donors (Lipinski definition) is 2. The summed E-state index contributed by atoms with van der Waals surface area (Å²) in [6.45, 7) is 3.84. The number of urea groups is 1. The standard InChI is InChI=1S/C25H25F3N2O3/c1-4-19-16(2)23(33-25(26,27)28)14-13-22(19)30-24(31)29-21-8-6-5-7-20(21)18-11-9-17(10-12-18)15-32-3/h5-14H,4,15H2,1-3H3,(H2,29,30,31). The normalized spacial score (nSPS) is 11.2. The molecule has 174 valence electrons. The highest BCUT2D eigenvalue weighted by Gasteiger charge is 2.32. The van der Waals surface area contributed by atoms with E-state index in [1.165, 1.54) is 19.1 Å². The molecule has 0 heterocycles. The number of benzene rings is 3. The van der Waals surface area contributed by atoms with E-state index in [0.717, 1.165) is 16.7 Å². The smallest absolute Gasteiger partial charge is 0.406 e. The molecule has 0 atom stereocenters. The topological polar surface area (TPSA) is 59.6 Å². The lowest BCUT2D eigenvalue weighted by Gasteiger charge is -2.18. The fourth-order valence-corrected chi connectivity index (χ4v) is 3.61. The van der Waals surface area contributed by atoms with Gasteiger partial charge in [0.05, 0.1) is 12.3 Å². The molecule has 0 bridgehead atoms. The van der Waals surface area contributed by atoms with Crippen LogP contribution in [0.4, 0.5) is 29.3 Å². The summed E-state index contributed by atoms with van der Waals surface area (Å²) in [6, 6.07) is 17.3. The molecule has 5 nitrogen and oxygen atoms in total. The summed E-state index contributed by atoms with van der Waals surface area (Å²) in [5, 5.41) is 5.58. The molecule has 0 saturated carbocycles. The fraction of sp³-hybridized carbons (Fsp3) is 0.240. The van der Waals surface area contributed by atoms with Crippen LogP contribution in [-0.4, -0.2) is 19.5 Å². The second-order valence-electron chi connectivity index (χ2n) is 7.37. The van der Waals surface area contributed by atoms with E-state index in [2.05, 4.69) is 15.4 Å². The number of methoxy groups -OCH3 is 1. The number of ether oxygens (including phenoxy) is 2. The molecule has 0 radical (unpaired) electrons. The zero-order valence-electron chi connectivity index (χ0n) is 18.5. The van der Waals surface area contributed by atoms with Crippen molar-refractivity contribution in [1.29, 1.82) is 0 Å². The molecular formula is C25H25F3N2O3. The third kappa shape index (κ3) is 6.26. The van der Waals surface area contributed by atoms with E-state index in [4.69, 9.17) is 4.74 Å². The molecule has 0 aliphatic carbocycles. The Morgan fingerprint density at radius 2 is 1.61 bits per heavy atom. The lowest BCUT2D eigenvalue weighted by atomic mass is 10.0. The molecule has 0 unspecified atom stereocenters. The van der Waals surface area contributed by atoms with E-state index in [1.807, 2.05) is 42.5 Å². The van der Waals surface area contributed by atoms with Gasteiger partial charge in [-0.1, -0.05) is 49.4 Å². The van der Waals surface area contributed by atoms with Crippen molar-refractivity contribution < 1.29 is 27.4 Å². The summed E-state index contributed by atoms with van der Waals surface area (Å²) in [7, 11) is 1.63. The largest absolute Gasteiger partial charge is 0.573 e. The summed E-state index contributed by atoms with van der Waals surface area (Å²) in [6.07, 6.45) is -4.37. The number of nitrogens with one attached hydrogen (secondary N) is 2. The average molecular weight is 458 g/mol. The lowest BCUT2D eigenvalue weighted by molar-refractivity contribution is -0.274. The van der Waals surface area contributed by atoms with E-state index >= 15 is 0 Å². The number of carbonyl (C=O) groups excluding carboxylic acids is 1. The maximum absolute atomic E-state index is 12.7. The monoisotopic (exact) mass is 458 g/mol. The van der Waals surface area contributed by atoms with Crippen LogP contribution < -0.4 is 15.4 Å². The minimum Gasteiger partial charge on any atom is -0.406 e. The molecule has 3 rings (SSSR count). The van der Waals surface area contributed by atoms with Crippen molar-refractivity contribution >= 4 is 17.4 Å².